The van der Waals surface area contributed by atoms with Crippen LogP contribution in [0.4, 0.5) is 4.39 Å². The predicted octanol–water partition coefficient (Wildman–Crippen LogP) is -0.681. The second-order valence-corrected chi connectivity index (χ2v) is 4.69. The lowest BCUT2D eigenvalue weighted by atomic mass is 10.1. The Balaban J connectivity index is 1.98. The smallest absolute Gasteiger partial charge is 0.239 e. The lowest BCUT2D eigenvalue weighted by molar-refractivity contribution is -0.133. The Kier molecular flexibility index (Phi) is 3.15. The maximum atomic E-state index is 13.0. The van der Waals surface area contributed by atoms with Gasteiger partial charge in [-0.2, -0.15) is 5.26 Å². The number of nitriles is 1. The van der Waals surface area contributed by atoms with Crippen LogP contribution in [0.2, 0.25) is 0 Å². The van der Waals surface area contributed by atoms with Gasteiger partial charge in [-0.1, -0.05) is 0 Å². The first-order valence-electron chi connectivity index (χ1n) is 5.64. The summed E-state index contributed by atoms with van der Waals surface area (Å²) in [7, 11) is 1.85. The molecule has 2 rings (SSSR count). The van der Waals surface area contributed by atoms with Gasteiger partial charge in [0.05, 0.1) is 24.6 Å². The van der Waals surface area contributed by atoms with Crippen molar-refractivity contribution >= 4 is 13.9 Å². The third-order valence-electron chi connectivity index (χ3n) is 3.46. The lowest BCUT2D eigenvalue weighted by Gasteiger charge is -2.24. The molecule has 0 aromatic carbocycles. The monoisotopic (exact) mass is 223 g/mol. The van der Waals surface area contributed by atoms with Crippen LogP contribution in [0.3, 0.4) is 0 Å². The first kappa shape index (κ1) is 11.4. The fourth-order valence-electron chi connectivity index (χ4n) is 2.51. The normalized spacial score (nSPS) is 35.2. The molecule has 86 valence electrons. The minimum Gasteiger partial charge on any atom is -0.338 e. The molecule has 1 amide bonds. The van der Waals surface area contributed by atoms with E-state index in [1.54, 1.807) is 4.90 Å². The molecular weight excluding hydrogens is 208 g/mol. The lowest BCUT2D eigenvalue weighted by Crippen LogP contribution is -2.43. The first-order chi connectivity index (χ1) is 7.61. The van der Waals surface area contributed by atoms with E-state index in [9.17, 15) is 9.18 Å². The van der Waals surface area contributed by atoms with Crippen LogP contribution in [0.25, 0.3) is 0 Å². The van der Waals surface area contributed by atoms with Crippen LogP contribution in [-0.4, -0.2) is 55.4 Å². The molecule has 0 spiro atoms. The van der Waals surface area contributed by atoms with Gasteiger partial charge in [-0.3, -0.25) is 4.79 Å². The molecule has 16 heavy (non-hydrogen) atoms. The molecule has 2 aliphatic heterocycles. The molecule has 0 radical (unpaired) electrons. The highest BCUT2D eigenvalue weighted by Gasteiger charge is 2.38. The molecule has 2 aliphatic rings. The van der Waals surface area contributed by atoms with Crippen LogP contribution in [0.5, 0.6) is 0 Å². The molecule has 0 N–H and O–H groups in total. The van der Waals surface area contributed by atoms with E-state index in [0.29, 0.717) is 25.9 Å². The van der Waals surface area contributed by atoms with Gasteiger partial charge in [0.1, 0.15) is 6.17 Å². The third-order valence-corrected chi connectivity index (χ3v) is 3.46. The number of rotatable bonds is 1. The van der Waals surface area contributed by atoms with E-state index in [0.717, 1.165) is 0 Å². The number of carbonyl (C=O) groups excluding carboxylic acids is 1. The minimum atomic E-state index is -0.873. The van der Waals surface area contributed by atoms with Crippen molar-refractivity contribution in [2.75, 3.05) is 19.6 Å². The highest BCUT2D eigenvalue weighted by molar-refractivity contribution is 6.07. The zero-order chi connectivity index (χ0) is 11.7. The number of hydrogen-bond donors (Lipinski definition) is 0. The van der Waals surface area contributed by atoms with Gasteiger partial charge in [-0.05, 0) is 12.8 Å². The summed E-state index contributed by atoms with van der Waals surface area (Å²) >= 11 is 0. The Bertz CT molecular complexity index is 333. The van der Waals surface area contributed by atoms with Crippen molar-refractivity contribution in [1.29, 1.82) is 5.26 Å². The highest BCUT2D eigenvalue weighted by Crippen LogP contribution is 2.24. The standard InChI is InChI=1S/C10H15BFN3O/c11-15-5-7(4-13)3-9(15)10(16)14-2-1-8(12)6-14/h7-9H,1-3,5-6,11H2. The number of likely N-dealkylation sites (tertiary alicyclic amines) is 1. The summed E-state index contributed by atoms with van der Waals surface area (Å²) in [5.41, 5.74) is 0. The Hall–Kier alpha value is -1.09. The van der Waals surface area contributed by atoms with Crippen molar-refractivity contribution < 1.29 is 9.18 Å². The van der Waals surface area contributed by atoms with E-state index < -0.39 is 6.17 Å². The molecular formula is C10H15BFN3O. The van der Waals surface area contributed by atoms with Crippen molar-refractivity contribution in [2.24, 2.45) is 5.92 Å². The SMILES string of the molecule is BN1CC(C#N)CC1C(=O)N1CCC(F)C1. The fraction of sp³-hybridized carbons (Fsp3) is 0.800. The summed E-state index contributed by atoms with van der Waals surface area (Å²) in [6.45, 7) is 1.38. The summed E-state index contributed by atoms with van der Waals surface area (Å²) in [5, 5.41) is 8.83. The van der Waals surface area contributed by atoms with E-state index in [-0.39, 0.29) is 24.4 Å². The second kappa shape index (κ2) is 4.42. The van der Waals surface area contributed by atoms with Gasteiger partial charge in [-0.15, -0.1) is 0 Å². The molecule has 2 heterocycles. The van der Waals surface area contributed by atoms with Crippen LogP contribution in [0.15, 0.2) is 0 Å². The van der Waals surface area contributed by atoms with Crippen molar-refractivity contribution in [3.8, 4) is 6.07 Å². The zero-order valence-corrected chi connectivity index (χ0v) is 9.40. The first-order valence-corrected chi connectivity index (χ1v) is 5.64. The molecule has 2 fully saturated rings. The van der Waals surface area contributed by atoms with E-state index in [2.05, 4.69) is 6.07 Å². The molecule has 2 saturated heterocycles. The van der Waals surface area contributed by atoms with E-state index >= 15 is 0 Å². The average Bonchev–Trinajstić information content (AvgIpc) is 2.83. The third kappa shape index (κ3) is 2.05. The maximum Gasteiger partial charge on any atom is 0.239 e. The molecule has 3 atom stereocenters. The van der Waals surface area contributed by atoms with Gasteiger partial charge in [0.15, 0.2) is 7.98 Å². The van der Waals surface area contributed by atoms with Gasteiger partial charge >= 0.3 is 0 Å². The highest BCUT2D eigenvalue weighted by atomic mass is 19.1. The topological polar surface area (TPSA) is 47.3 Å². The second-order valence-electron chi connectivity index (χ2n) is 4.69. The summed E-state index contributed by atoms with van der Waals surface area (Å²) in [4.78, 5) is 15.6. The zero-order valence-electron chi connectivity index (χ0n) is 9.40. The quantitative estimate of drug-likeness (QED) is 0.553. The van der Waals surface area contributed by atoms with Gasteiger partial charge in [-0.25, -0.2) is 4.39 Å². The van der Waals surface area contributed by atoms with Crippen LogP contribution in [0, 0.1) is 17.2 Å². The molecule has 0 aromatic rings. The van der Waals surface area contributed by atoms with Crippen molar-refractivity contribution in [2.45, 2.75) is 25.1 Å². The van der Waals surface area contributed by atoms with Crippen LogP contribution in [-0.2, 0) is 4.79 Å². The van der Waals surface area contributed by atoms with E-state index in [4.69, 9.17) is 5.26 Å². The summed E-state index contributed by atoms with van der Waals surface area (Å²) < 4.78 is 13.0. The van der Waals surface area contributed by atoms with Crippen molar-refractivity contribution in [1.82, 2.24) is 9.71 Å². The van der Waals surface area contributed by atoms with Gasteiger partial charge in [0, 0.05) is 13.1 Å². The molecule has 0 bridgehead atoms. The minimum absolute atomic E-state index is 0.0135. The maximum absolute atomic E-state index is 13.0. The predicted molar refractivity (Wildman–Crippen MR) is 58.9 cm³/mol. The molecule has 0 aliphatic carbocycles. The van der Waals surface area contributed by atoms with Gasteiger partial charge in [0.2, 0.25) is 5.91 Å². The Morgan fingerprint density at radius 1 is 1.50 bits per heavy atom. The largest absolute Gasteiger partial charge is 0.338 e. The van der Waals surface area contributed by atoms with Gasteiger partial charge in [0.25, 0.3) is 0 Å². The Morgan fingerprint density at radius 3 is 2.75 bits per heavy atom. The van der Waals surface area contributed by atoms with Crippen molar-refractivity contribution in [3.05, 3.63) is 0 Å². The van der Waals surface area contributed by atoms with Crippen LogP contribution < -0.4 is 0 Å². The van der Waals surface area contributed by atoms with Crippen molar-refractivity contribution in [3.63, 3.8) is 0 Å². The Labute approximate surface area is 95.4 Å². The molecule has 0 saturated carbocycles. The van der Waals surface area contributed by atoms with E-state index in [1.165, 1.54) is 0 Å². The summed E-state index contributed by atoms with van der Waals surface area (Å²) in [6.07, 6.45) is 0.158. The van der Waals surface area contributed by atoms with E-state index in [1.807, 2.05) is 12.8 Å². The number of hydrogen-bond acceptors (Lipinski definition) is 3. The molecule has 4 nitrogen and oxygen atoms in total. The Morgan fingerprint density at radius 2 is 2.25 bits per heavy atom. The van der Waals surface area contributed by atoms with Crippen LogP contribution in [0.1, 0.15) is 12.8 Å². The number of amides is 1. The summed E-state index contributed by atoms with van der Waals surface area (Å²) in [6, 6.07) is 1.97. The molecule has 6 heteroatoms. The number of alkyl halides is 1. The van der Waals surface area contributed by atoms with Crippen LogP contribution >= 0.6 is 0 Å². The fourth-order valence-corrected chi connectivity index (χ4v) is 2.51. The molecule has 3 unspecified atom stereocenters. The number of carbonyl (C=O) groups is 1. The molecule has 0 aromatic heterocycles. The van der Waals surface area contributed by atoms with Gasteiger partial charge < -0.3 is 9.71 Å². The number of halogens is 1. The summed E-state index contributed by atoms with van der Waals surface area (Å²) in [5.74, 6) is -0.0804. The average molecular weight is 223 g/mol. The number of nitrogens with zero attached hydrogens (tertiary/aromatic N) is 3.